The van der Waals surface area contributed by atoms with Crippen molar-refractivity contribution in [2.45, 2.75) is 135 Å². The van der Waals surface area contributed by atoms with E-state index in [-0.39, 0.29) is 0 Å². The Kier molecular flexibility index (Phi) is 21.6. The fourth-order valence-electron chi connectivity index (χ4n) is 3.41. The van der Waals surface area contributed by atoms with Crippen molar-refractivity contribution in [3.63, 3.8) is 0 Å². The second-order valence-corrected chi connectivity index (χ2v) is 7.85. The van der Waals surface area contributed by atoms with Crippen LogP contribution in [0.4, 0.5) is 0 Å². The Morgan fingerprint density at radius 2 is 0.923 bits per heavy atom. The van der Waals surface area contributed by atoms with E-state index in [9.17, 15) is 4.79 Å². The standard InChI is InChI=1S/C24H46O2/c1-2-3-4-5-6-7-8-9-10-11-12-13-14-15-16-17-18-19-20-21-22-23-24(25)26/h15-16H,2-14,17-23H2,1H3,(H,25,26)/b16-15+. The minimum Gasteiger partial charge on any atom is -0.481 e. The van der Waals surface area contributed by atoms with E-state index in [2.05, 4.69) is 19.1 Å². The maximum absolute atomic E-state index is 10.4. The molecule has 0 bridgehead atoms. The van der Waals surface area contributed by atoms with Gasteiger partial charge in [-0.3, -0.25) is 4.79 Å². The smallest absolute Gasteiger partial charge is 0.303 e. The molecular weight excluding hydrogens is 320 g/mol. The predicted molar refractivity (Wildman–Crippen MR) is 115 cm³/mol. The van der Waals surface area contributed by atoms with Crippen molar-refractivity contribution in [1.82, 2.24) is 0 Å². The van der Waals surface area contributed by atoms with Crippen LogP contribution in [0, 0.1) is 0 Å². The SMILES string of the molecule is CCCCCCCCCCCCCC/C=C/CCCCCCCC(=O)O. The summed E-state index contributed by atoms with van der Waals surface area (Å²) in [5.74, 6) is -0.661. The van der Waals surface area contributed by atoms with Crippen molar-refractivity contribution in [2.75, 3.05) is 0 Å². The number of allylic oxidation sites excluding steroid dienone is 2. The quantitative estimate of drug-likeness (QED) is 0.163. The van der Waals surface area contributed by atoms with E-state index in [4.69, 9.17) is 5.11 Å². The molecule has 0 aliphatic heterocycles. The molecule has 0 fully saturated rings. The van der Waals surface area contributed by atoms with Gasteiger partial charge in [0.15, 0.2) is 0 Å². The number of rotatable bonds is 21. The molecule has 0 radical (unpaired) electrons. The van der Waals surface area contributed by atoms with Crippen molar-refractivity contribution in [1.29, 1.82) is 0 Å². The average molecular weight is 367 g/mol. The predicted octanol–water partition coefficient (Wildman–Crippen LogP) is 8.45. The van der Waals surface area contributed by atoms with Crippen molar-refractivity contribution in [3.05, 3.63) is 12.2 Å². The Labute approximate surface area is 163 Å². The minimum absolute atomic E-state index is 0.332. The normalized spacial score (nSPS) is 11.4. The summed E-state index contributed by atoms with van der Waals surface area (Å²) in [5, 5.41) is 8.56. The largest absolute Gasteiger partial charge is 0.481 e. The highest BCUT2D eigenvalue weighted by Crippen LogP contribution is 2.13. The molecule has 0 aliphatic rings. The van der Waals surface area contributed by atoms with E-state index in [0.717, 1.165) is 12.8 Å². The van der Waals surface area contributed by atoms with Crippen LogP contribution >= 0.6 is 0 Å². The van der Waals surface area contributed by atoms with Crippen LogP contribution in [0.3, 0.4) is 0 Å². The molecule has 0 atom stereocenters. The van der Waals surface area contributed by atoms with Crippen LogP contribution in [-0.4, -0.2) is 11.1 Å². The monoisotopic (exact) mass is 366 g/mol. The first-order valence-electron chi connectivity index (χ1n) is 11.6. The van der Waals surface area contributed by atoms with Crippen LogP contribution in [0.2, 0.25) is 0 Å². The third kappa shape index (κ3) is 23.2. The molecule has 0 aromatic rings. The first-order valence-corrected chi connectivity index (χ1v) is 11.6. The molecule has 0 saturated heterocycles. The van der Waals surface area contributed by atoms with E-state index in [0.29, 0.717) is 6.42 Å². The van der Waals surface area contributed by atoms with Crippen LogP contribution in [0.25, 0.3) is 0 Å². The zero-order valence-electron chi connectivity index (χ0n) is 17.7. The number of hydrogen-bond acceptors (Lipinski definition) is 1. The van der Waals surface area contributed by atoms with Gasteiger partial charge in [-0.15, -0.1) is 0 Å². The van der Waals surface area contributed by atoms with Gasteiger partial charge in [0, 0.05) is 6.42 Å². The summed E-state index contributed by atoms with van der Waals surface area (Å²) in [4.78, 5) is 10.4. The summed E-state index contributed by atoms with van der Waals surface area (Å²) in [7, 11) is 0. The van der Waals surface area contributed by atoms with Crippen LogP contribution in [0.1, 0.15) is 135 Å². The number of hydrogen-bond donors (Lipinski definition) is 1. The Morgan fingerprint density at radius 1 is 0.577 bits per heavy atom. The summed E-state index contributed by atoms with van der Waals surface area (Å²) in [5.41, 5.74) is 0. The first-order chi connectivity index (χ1) is 12.8. The highest BCUT2D eigenvalue weighted by atomic mass is 16.4. The number of unbranched alkanes of at least 4 members (excludes halogenated alkanes) is 17. The average Bonchev–Trinajstić information content (AvgIpc) is 2.62. The van der Waals surface area contributed by atoms with Gasteiger partial charge >= 0.3 is 5.97 Å². The lowest BCUT2D eigenvalue weighted by Gasteiger charge is -2.02. The van der Waals surface area contributed by atoms with Crippen molar-refractivity contribution in [3.8, 4) is 0 Å². The van der Waals surface area contributed by atoms with Gasteiger partial charge in [-0.1, -0.05) is 109 Å². The molecule has 2 heteroatoms. The van der Waals surface area contributed by atoms with E-state index in [1.54, 1.807) is 0 Å². The number of carboxylic acids is 1. The topological polar surface area (TPSA) is 37.3 Å². The molecule has 26 heavy (non-hydrogen) atoms. The molecule has 2 nitrogen and oxygen atoms in total. The van der Waals surface area contributed by atoms with Gasteiger partial charge in [-0.2, -0.15) is 0 Å². The van der Waals surface area contributed by atoms with Crippen molar-refractivity contribution < 1.29 is 9.90 Å². The van der Waals surface area contributed by atoms with Gasteiger partial charge in [0.2, 0.25) is 0 Å². The van der Waals surface area contributed by atoms with Crippen LogP contribution in [0.5, 0.6) is 0 Å². The molecule has 0 rings (SSSR count). The second-order valence-electron chi connectivity index (χ2n) is 7.85. The van der Waals surface area contributed by atoms with Gasteiger partial charge in [0.25, 0.3) is 0 Å². The maximum atomic E-state index is 10.4. The molecule has 0 aromatic carbocycles. The number of carboxylic acid groups (broad SMARTS) is 1. The molecule has 0 spiro atoms. The van der Waals surface area contributed by atoms with Crippen molar-refractivity contribution >= 4 is 5.97 Å². The Hall–Kier alpha value is -0.790. The molecule has 0 amide bonds. The molecule has 154 valence electrons. The summed E-state index contributed by atoms with van der Waals surface area (Å²) in [6.45, 7) is 2.28. The molecule has 0 aliphatic carbocycles. The highest BCUT2D eigenvalue weighted by Gasteiger charge is 1.96. The zero-order chi connectivity index (χ0) is 19.1. The summed E-state index contributed by atoms with van der Waals surface area (Å²) >= 11 is 0. The van der Waals surface area contributed by atoms with E-state index in [1.807, 2.05) is 0 Å². The van der Waals surface area contributed by atoms with Crippen LogP contribution in [-0.2, 0) is 4.79 Å². The lowest BCUT2D eigenvalue weighted by atomic mass is 10.0. The Balaban J connectivity index is 3.07. The van der Waals surface area contributed by atoms with Crippen LogP contribution < -0.4 is 0 Å². The fourth-order valence-corrected chi connectivity index (χ4v) is 3.41. The maximum Gasteiger partial charge on any atom is 0.303 e. The number of aliphatic carboxylic acids is 1. The molecule has 0 saturated carbocycles. The van der Waals surface area contributed by atoms with Crippen LogP contribution in [0.15, 0.2) is 12.2 Å². The summed E-state index contributed by atoms with van der Waals surface area (Å²) in [6, 6.07) is 0. The van der Waals surface area contributed by atoms with Gasteiger partial charge in [-0.25, -0.2) is 0 Å². The van der Waals surface area contributed by atoms with Crippen molar-refractivity contribution in [2.24, 2.45) is 0 Å². The fraction of sp³-hybridized carbons (Fsp3) is 0.875. The molecule has 1 N–H and O–H groups in total. The lowest BCUT2D eigenvalue weighted by Crippen LogP contribution is -1.93. The lowest BCUT2D eigenvalue weighted by molar-refractivity contribution is -0.137. The molecule has 0 heterocycles. The Bertz CT molecular complexity index is 309. The molecule has 0 unspecified atom stereocenters. The van der Waals surface area contributed by atoms with Gasteiger partial charge < -0.3 is 5.11 Å². The second kappa shape index (κ2) is 22.3. The third-order valence-corrected chi connectivity index (χ3v) is 5.15. The van der Waals surface area contributed by atoms with Gasteiger partial charge in [-0.05, 0) is 32.1 Å². The minimum atomic E-state index is -0.661. The molecular formula is C24H46O2. The molecule has 0 aromatic heterocycles. The summed E-state index contributed by atoms with van der Waals surface area (Å²) in [6.07, 6.45) is 30.1. The zero-order valence-corrected chi connectivity index (χ0v) is 17.7. The van der Waals surface area contributed by atoms with E-state index >= 15 is 0 Å². The van der Waals surface area contributed by atoms with E-state index < -0.39 is 5.97 Å². The Morgan fingerprint density at radius 3 is 1.31 bits per heavy atom. The highest BCUT2D eigenvalue weighted by molar-refractivity contribution is 5.66. The van der Waals surface area contributed by atoms with Gasteiger partial charge in [0.05, 0.1) is 0 Å². The third-order valence-electron chi connectivity index (χ3n) is 5.15. The first kappa shape index (κ1) is 25.2. The number of carbonyl (C=O) groups is 1. The summed E-state index contributed by atoms with van der Waals surface area (Å²) < 4.78 is 0. The van der Waals surface area contributed by atoms with Gasteiger partial charge in [0.1, 0.15) is 0 Å². The van der Waals surface area contributed by atoms with E-state index in [1.165, 1.54) is 109 Å².